The highest BCUT2D eigenvalue weighted by atomic mass is 35.5. The third kappa shape index (κ3) is 6.34. The largest absolute Gasteiger partial charge is 0.394 e. The van der Waals surface area contributed by atoms with Gasteiger partial charge in [-0.05, 0) is 0 Å². The zero-order valence-electron chi connectivity index (χ0n) is 4.63. The molecule has 0 bridgehead atoms. The molecular weight excluding hydrogens is 167 g/mol. The van der Waals surface area contributed by atoms with Gasteiger partial charge in [-0.25, -0.2) is 0 Å². The molecule has 5 heteroatoms. The lowest BCUT2D eigenvalue weighted by molar-refractivity contribution is 0.0121. The van der Waals surface area contributed by atoms with Gasteiger partial charge in [0, 0.05) is 0 Å². The zero-order valence-corrected chi connectivity index (χ0v) is 6.14. The van der Waals surface area contributed by atoms with Crippen molar-refractivity contribution in [2.75, 3.05) is 13.2 Å². The highest BCUT2D eigenvalue weighted by molar-refractivity contribution is 6.43. The molecule has 0 aliphatic carbocycles. The van der Waals surface area contributed by atoms with Crippen LogP contribution in [0.3, 0.4) is 0 Å². The van der Waals surface area contributed by atoms with E-state index >= 15 is 0 Å². The number of rotatable bonds is 4. The second-order valence-corrected chi connectivity index (χ2v) is 2.45. The van der Waals surface area contributed by atoms with E-state index in [0.717, 1.165) is 0 Å². The van der Waals surface area contributed by atoms with Gasteiger partial charge in [0.15, 0.2) is 0 Å². The number of hydrogen-bond acceptors (Lipinski definition) is 3. The molecule has 0 aromatic rings. The summed E-state index contributed by atoms with van der Waals surface area (Å²) in [5.74, 6) is 0. The van der Waals surface area contributed by atoms with E-state index in [4.69, 9.17) is 33.4 Å². The van der Waals surface area contributed by atoms with Gasteiger partial charge in [-0.15, -0.1) is 0 Å². The van der Waals surface area contributed by atoms with Gasteiger partial charge in [0.05, 0.1) is 13.2 Å². The summed E-state index contributed by atoms with van der Waals surface area (Å²) in [7, 11) is 0. The predicted octanol–water partition coefficient (Wildman–Crippen LogP) is 0.117. The summed E-state index contributed by atoms with van der Waals surface area (Å²) in [6.07, 6.45) is -0.898. The molecule has 0 amide bonds. The quantitative estimate of drug-likeness (QED) is 0.596. The molecule has 0 saturated heterocycles. The Bertz CT molecular complexity index is 68.8. The van der Waals surface area contributed by atoms with E-state index in [0.29, 0.717) is 0 Å². The van der Waals surface area contributed by atoms with Gasteiger partial charge >= 0.3 is 0 Å². The first-order chi connectivity index (χ1) is 4.16. The third-order valence-corrected chi connectivity index (χ3v) is 0.877. The summed E-state index contributed by atoms with van der Waals surface area (Å²) in [5, 5.41) is 15.9. The van der Waals surface area contributed by atoms with E-state index in [1.807, 2.05) is 0 Å². The Kier molecular flexibility index (Phi) is 5.53. The molecule has 0 spiro atoms. The summed E-state index contributed by atoms with van der Waals surface area (Å²) >= 11 is 10.3. The maximum Gasteiger partial charge on any atom is 0.206 e. The number of halogens is 2. The lowest BCUT2D eigenvalue weighted by atomic mass is 10.4. The third-order valence-electron chi connectivity index (χ3n) is 0.625. The first-order valence-corrected chi connectivity index (χ1v) is 3.22. The summed E-state index contributed by atoms with van der Waals surface area (Å²) in [6.45, 7) is -0.394. The van der Waals surface area contributed by atoms with Gasteiger partial charge in [-0.3, -0.25) is 0 Å². The fourth-order valence-corrected chi connectivity index (χ4v) is 0.382. The van der Waals surface area contributed by atoms with Crippen molar-refractivity contribution in [2.24, 2.45) is 0 Å². The van der Waals surface area contributed by atoms with Crippen LogP contribution in [0, 0.1) is 0 Å². The van der Waals surface area contributed by atoms with Crippen molar-refractivity contribution in [2.45, 2.75) is 11.1 Å². The van der Waals surface area contributed by atoms with Crippen LogP contribution in [0.2, 0.25) is 0 Å². The Hall–Kier alpha value is 0.460. The van der Waals surface area contributed by atoms with Gasteiger partial charge in [0.2, 0.25) is 5.02 Å². The monoisotopic (exact) mass is 174 g/mol. The lowest BCUT2D eigenvalue weighted by Gasteiger charge is -2.07. The average Bonchev–Trinajstić information content (AvgIpc) is 1.83. The van der Waals surface area contributed by atoms with Crippen LogP contribution >= 0.6 is 23.2 Å². The molecule has 0 aromatic carbocycles. The second kappa shape index (κ2) is 5.26. The van der Waals surface area contributed by atoms with Crippen molar-refractivity contribution >= 4 is 23.2 Å². The van der Waals surface area contributed by atoms with Crippen LogP contribution in [0.15, 0.2) is 0 Å². The number of alkyl halides is 2. The second-order valence-electron chi connectivity index (χ2n) is 1.43. The van der Waals surface area contributed by atoms with Crippen molar-refractivity contribution in [1.82, 2.24) is 0 Å². The molecule has 2 N–H and O–H groups in total. The number of hydrogen-bond donors (Lipinski definition) is 2. The highest BCUT2D eigenvalue weighted by Gasteiger charge is 2.04. The molecule has 3 nitrogen and oxygen atoms in total. The van der Waals surface area contributed by atoms with Crippen molar-refractivity contribution < 1.29 is 14.9 Å². The summed E-state index contributed by atoms with van der Waals surface area (Å²) < 4.78 is 4.52. The smallest absolute Gasteiger partial charge is 0.206 e. The highest BCUT2D eigenvalue weighted by Crippen LogP contribution is 2.02. The Morgan fingerprint density at radius 1 is 1.44 bits per heavy atom. The standard InChI is InChI=1S/C4H8Cl2O3/c5-4(6)9-2-3(8)1-7/h3-4,7-8H,1-2H2. The first-order valence-electron chi connectivity index (χ1n) is 2.35. The first kappa shape index (κ1) is 9.46. The van der Waals surface area contributed by atoms with Crippen LogP contribution in [0.5, 0.6) is 0 Å². The molecular formula is C4H8Cl2O3. The number of aliphatic hydroxyl groups is 2. The Labute approximate surface area is 63.1 Å². The number of aliphatic hydroxyl groups excluding tert-OH is 2. The topological polar surface area (TPSA) is 49.7 Å². The minimum atomic E-state index is -0.939. The van der Waals surface area contributed by atoms with E-state index in [1.54, 1.807) is 0 Å². The molecule has 1 atom stereocenters. The molecule has 0 fully saturated rings. The Morgan fingerprint density at radius 3 is 2.33 bits per heavy atom. The van der Waals surface area contributed by atoms with Crippen LogP contribution in [0.25, 0.3) is 0 Å². The van der Waals surface area contributed by atoms with Crippen molar-refractivity contribution in [3.63, 3.8) is 0 Å². The maximum absolute atomic E-state index is 8.61. The van der Waals surface area contributed by atoms with Crippen molar-refractivity contribution in [3.8, 4) is 0 Å². The minimum Gasteiger partial charge on any atom is -0.394 e. The van der Waals surface area contributed by atoms with Crippen LogP contribution < -0.4 is 0 Å². The normalized spacial score (nSPS) is 14.3. The van der Waals surface area contributed by atoms with Gasteiger partial charge < -0.3 is 14.9 Å². The Balaban J connectivity index is 3.06. The maximum atomic E-state index is 8.61. The molecule has 0 rings (SSSR count). The molecule has 0 aromatic heterocycles. The van der Waals surface area contributed by atoms with Crippen LogP contribution in [0.1, 0.15) is 0 Å². The fourth-order valence-electron chi connectivity index (χ4n) is 0.237. The van der Waals surface area contributed by atoms with Crippen LogP contribution in [-0.4, -0.2) is 34.6 Å². The van der Waals surface area contributed by atoms with Gasteiger partial charge in [-0.1, -0.05) is 23.2 Å². The van der Waals surface area contributed by atoms with Gasteiger partial charge in [0.1, 0.15) is 6.10 Å². The molecule has 1 unspecified atom stereocenters. The van der Waals surface area contributed by atoms with Crippen molar-refractivity contribution in [1.29, 1.82) is 0 Å². The van der Waals surface area contributed by atoms with E-state index in [9.17, 15) is 0 Å². The predicted molar refractivity (Wildman–Crippen MR) is 34.5 cm³/mol. The minimum absolute atomic E-state index is 0.0475. The van der Waals surface area contributed by atoms with E-state index < -0.39 is 11.1 Å². The van der Waals surface area contributed by atoms with Crippen LogP contribution in [0.4, 0.5) is 0 Å². The molecule has 0 heterocycles. The summed E-state index contributed by atoms with van der Waals surface area (Å²) in [5.41, 5.74) is 0. The number of ether oxygens (including phenoxy) is 1. The fraction of sp³-hybridized carbons (Fsp3) is 1.00. The van der Waals surface area contributed by atoms with Gasteiger partial charge in [-0.2, -0.15) is 0 Å². The average molecular weight is 175 g/mol. The van der Waals surface area contributed by atoms with Crippen LogP contribution in [-0.2, 0) is 4.74 Å². The molecule has 0 aliphatic rings. The van der Waals surface area contributed by atoms with Crippen molar-refractivity contribution in [3.05, 3.63) is 0 Å². The van der Waals surface area contributed by atoms with E-state index in [-0.39, 0.29) is 13.2 Å². The molecule has 0 aliphatic heterocycles. The zero-order chi connectivity index (χ0) is 7.28. The molecule has 9 heavy (non-hydrogen) atoms. The van der Waals surface area contributed by atoms with Gasteiger partial charge in [0.25, 0.3) is 0 Å². The summed E-state index contributed by atoms with van der Waals surface area (Å²) in [6, 6.07) is 0. The van der Waals surface area contributed by atoms with E-state index in [2.05, 4.69) is 4.74 Å². The van der Waals surface area contributed by atoms with E-state index in [1.165, 1.54) is 0 Å². The molecule has 0 saturated carbocycles. The SMILES string of the molecule is OCC(O)COC(Cl)Cl. The Morgan fingerprint density at radius 2 is 2.00 bits per heavy atom. The summed E-state index contributed by atoms with van der Waals surface area (Å²) in [4.78, 5) is 0. The molecule has 0 radical (unpaired) electrons. The molecule has 56 valence electrons. The lowest BCUT2D eigenvalue weighted by Crippen LogP contribution is -2.20.